The van der Waals surface area contributed by atoms with Crippen LogP contribution in [0.1, 0.15) is 64.2 Å². The molecule has 110 valence electrons. The van der Waals surface area contributed by atoms with E-state index in [0.717, 1.165) is 31.8 Å². The molecule has 0 bridgehead atoms. The molecule has 1 heterocycles. The van der Waals surface area contributed by atoms with Gasteiger partial charge < -0.3 is 10.2 Å². The van der Waals surface area contributed by atoms with E-state index in [4.69, 9.17) is 0 Å². The average molecular weight is 266 g/mol. The third-order valence-corrected chi connectivity index (χ3v) is 4.94. The van der Waals surface area contributed by atoms with Crippen molar-refractivity contribution < 1.29 is 4.79 Å². The number of hydrogen-bond donors (Lipinski definition) is 1. The van der Waals surface area contributed by atoms with Crippen molar-refractivity contribution in [2.75, 3.05) is 20.1 Å². The van der Waals surface area contributed by atoms with Gasteiger partial charge in [-0.05, 0) is 44.7 Å². The summed E-state index contributed by atoms with van der Waals surface area (Å²) in [4.78, 5) is 14.4. The summed E-state index contributed by atoms with van der Waals surface area (Å²) in [6.45, 7) is 2.25. The Kier molecular flexibility index (Phi) is 6.15. The van der Waals surface area contributed by atoms with E-state index >= 15 is 0 Å². The van der Waals surface area contributed by atoms with Gasteiger partial charge in [0, 0.05) is 19.5 Å². The third kappa shape index (κ3) is 4.79. The second-order valence-corrected chi connectivity index (χ2v) is 6.40. The van der Waals surface area contributed by atoms with E-state index < -0.39 is 0 Å². The molecule has 1 unspecified atom stereocenters. The van der Waals surface area contributed by atoms with Crippen LogP contribution >= 0.6 is 0 Å². The first kappa shape index (κ1) is 14.8. The van der Waals surface area contributed by atoms with Crippen LogP contribution in [0.2, 0.25) is 0 Å². The predicted octanol–water partition coefficient (Wildman–Crippen LogP) is 2.95. The molecule has 1 amide bonds. The zero-order chi connectivity index (χ0) is 13.5. The highest BCUT2D eigenvalue weighted by atomic mass is 16.2. The lowest BCUT2D eigenvalue weighted by Gasteiger charge is -2.30. The molecule has 0 aromatic carbocycles. The van der Waals surface area contributed by atoms with Crippen molar-refractivity contribution >= 4 is 5.91 Å². The number of carbonyl (C=O) groups is 1. The van der Waals surface area contributed by atoms with Crippen LogP contribution in [0.4, 0.5) is 0 Å². The summed E-state index contributed by atoms with van der Waals surface area (Å²) in [7, 11) is 2.03. The predicted molar refractivity (Wildman–Crippen MR) is 79.1 cm³/mol. The van der Waals surface area contributed by atoms with Crippen LogP contribution in [0.15, 0.2) is 0 Å². The Morgan fingerprint density at radius 1 is 1.11 bits per heavy atom. The standard InChI is InChI=1S/C16H30N2O/c1-18(15-7-5-3-2-4-6-8-15)16(19)10-9-14-11-12-17-13-14/h14-15,17H,2-13H2,1H3. The largest absolute Gasteiger partial charge is 0.343 e. The van der Waals surface area contributed by atoms with E-state index in [1.807, 2.05) is 7.05 Å². The number of carbonyl (C=O) groups excluding carboxylic acids is 1. The Bertz CT molecular complexity index is 266. The first-order valence-corrected chi connectivity index (χ1v) is 8.24. The lowest BCUT2D eigenvalue weighted by atomic mass is 9.95. The number of nitrogens with zero attached hydrogens (tertiary/aromatic N) is 1. The molecule has 0 aromatic rings. The summed E-state index contributed by atoms with van der Waals surface area (Å²) >= 11 is 0. The lowest BCUT2D eigenvalue weighted by Crippen LogP contribution is -2.37. The molecule has 3 nitrogen and oxygen atoms in total. The van der Waals surface area contributed by atoms with E-state index in [2.05, 4.69) is 10.2 Å². The third-order valence-electron chi connectivity index (χ3n) is 4.94. The van der Waals surface area contributed by atoms with Crippen molar-refractivity contribution in [3.05, 3.63) is 0 Å². The van der Waals surface area contributed by atoms with E-state index in [9.17, 15) is 4.79 Å². The highest BCUT2D eigenvalue weighted by Gasteiger charge is 2.22. The summed E-state index contributed by atoms with van der Waals surface area (Å²) in [5.41, 5.74) is 0. The van der Waals surface area contributed by atoms with Crippen molar-refractivity contribution in [1.29, 1.82) is 0 Å². The van der Waals surface area contributed by atoms with Crippen LogP contribution < -0.4 is 5.32 Å². The molecule has 0 aromatic heterocycles. The summed E-state index contributed by atoms with van der Waals surface area (Å²) < 4.78 is 0. The molecule has 0 radical (unpaired) electrons. The van der Waals surface area contributed by atoms with E-state index in [1.165, 1.54) is 51.4 Å². The van der Waals surface area contributed by atoms with Crippen molar-refractivity contribution in [2.45, 2.75) is 70.3 Å². The molecule has 1 N–H and O–H groups in total. The fourth-order valence-corrected chi connectivity index (χ4v) is 3.49. The lowest BCUT2D eigenvalue weighted by molar-refractivity contribution is -0.132. The van der Waals surface area contributed by atoms with Crippen molar-refractivity contribution in [3.63, 3.8) is 0 Å². The van der Waals surface area contributed by atoms with Gasteiger partial charge in [-0.25, -0.2) is 0 Å². The van der Waals surface area contributed by atoms with Gasteiger partial charge >= 0.3 is 0 Å². The fourth-order valence-electron chi connectivity index (χ4n) is 3.49. The van der Waals surface area contributed by atoms with E-state index in [0.29, 0.717) is 11.9 Å². The smallest absolute Gasteiger partial charge is 0.222 e. The molecule has 2 fully saturated rings. The Morgan fingerprint density at radius 2 is 1.79 bits per heavy atom. The molecule has 1 atom stereocenters. The van der Waals surface area contributed by atoms with Crippen LogP contribution in [0, 0.1) is 5.92 Å². The minimum atomic E-state index is 0.373. The van der Waals surface area contributed by atoms with Crippen molar-refractivity contribution in [1.82, 2.24) is 10.2 Å². The molecular weight excluding hydrogens is 236 g/mol. The van der Waals surface area contributed by atoms with Gasteiger partial charge in [0.2, 0.25) is 5.91 Å². The summed E-state index contributed by atoms with van der Waals surface area (Å²) in [6.07, 6.45) is 12.2. The highest BCUT2D eigenvalue weighted by Crippen LogP contribution is 2.22. The van der Waals surface area contributed by atoms with Crippen LogP contribution in [0.25, 0.3) is 0 Å². The zero-order valence-electron chi connectivity index (χ0n) is 12.5. The van der Waals surface area contributed by atoms with Gasteiger partial charge in [0.1, 0.15) is 0 Å². The molecular formula is C16H30N2O. The average Bonchev–Trinajstić information content (AvgIpc) is 2.88. The first-order valence-electron chi connectivity index (χ1n) is 8.24. The van der Waals surface area contributed by atoms with Crippen molar-refractivity contribution in [2.24, 2.45) is 5.92 Å². The Balaban J connectivity index is 1.72. The summed E-state index contributed by atoms with van der Waals surface area (Å²) in [6, 6.07) is 0.509. The van der Waals surface area contributed by atoms with Gasteiger partial charge in [0.15, 0.2) is 0 Å². The number of amides is 1. The second-order valence-electron chi connectivity index (χ2n) is 6.40. The summed E-state index contributed by atoms with van der Waals surface area (Å²) in [5.74, 6) is 1.10. The maximum Gasteiger partial charge on any atom is 0.222 e. The van der Waals surface area contributed by atoms with Gasteiger partial charge in [0.25, 0.3) is 0 Å². The maximum atomic E-state index is 12.3. The quantitative estimate of drug-likeness (QED) is 0.848. The van der Waals surface area contributed by atoms with E-state index in [-0.39, 0.29) is 0 Å². The highest BCUT2D eigenvalue weighted by molar-refractivity contribution is 5.76. The Labute approximate surface area is 118 Å². The Hall–Kier alpha value is -0.570. The monoisotopic (exact) mass is 266 g/mol. The second kappa shape index (κ2) is 7.88. The van der Waals surface area contributed by atoms with E-state index in [1.54, 1.807) is 0 Å². The molecule has 0 spiro atoms. The van der Waals surface area contributed by atoms with Gasteiger partial charge in [-0.2, -0.15) is 0 Å². The van der Waals surface area contributed by atoms with Gasteiger partial charge in [-0.3, -0.25) is 4.79 Å². The SMILES string of the molecule is CN(C(=O)CCC1CCNC1)C1CCCCCCC1. The molecule has 1 saturated heterocycles. The van der Waals surface area contributed by atoms with Crippen LogP contribution in [-0.2, 0) is 4.79 Å². The number of hydrogen-bond acceptors (Lipinski definition) is 2. The molecule has 2 aliphatic rings. The van der Waals surface area contributed by atoms with Gasteiger partial charge in [-0.15, -0.1) is 0 Å². The molecule has 19 heavy (non-hydrogen) atoms. The number of nitrogens with one attached hydrogen (secondary N) is 1. The maximum absolute atomic E-state index is 12.3. The molecule has 3 heteroatoms. The van der Waals surface area contributed by atoms with Crippen LogP contribution in [0.3, 0.4) is 0 Å². The minimum absolute atomic E-state index is 0.373. The molecule has 2 rings (SSSR count). The zero-order valence-corrected chi connectivity index (χ0v) is 12.5. The van der Waals surface area contributed by atoms with Crippen LogP contribution in [-0.4, -0.2) is 37.0 Å². The molecule has 1 aliphatic heterocycles. The summed E-state index contributed by atoms with van der Waals surface area (Å²) in [5, 5.41) is 3.38. The minimum Gasteiger partial charge on any atom is -0.343 e. The van der Waals surface area contributed by atoms with Crippen LogP contribution in [0.5, 0.6) is 0 Å². The van der Waals surface area contributed by atoms with Crippen molar-refractivity contribution in [3.8, 4) is 0 Å². The van der Waals surface area contributed by atoms with Gasteiger partial charge in [-0.1, -0.05) is 32.1 Å². The topological polar surface area (TPSA) is 32.3 Å². The fraction of sp³-hybridized carbons (Fsp3) is 0.938. The molecule has 1 aliphatic carbocycles. The Morgan fingerprint density at radius 3 is 2.42 bits per heavy atom. The number of rotatable bonds is 4. The van der Waals surface area contributed by atoms with Gasteiger partial charge in [0.05, 0.1) is 0 Å². The molecule has 1 saturated carbocycles. The normalized spacial score (nSPS) is 25.8. The first-order chi connectivity index (χ1) is 9.27.